The van der Waals surface area contributed by atoms with Gasteiger partial charge < -0.3 is 9.15 Å². The zero-order valence-corrected chi connectivity index (χ0v) is 14.9. The van der Waals surface area contributed by atoms with Crippen LogP contribution in [0.15, 0.2) is 41.0 Å². The van der Waals surface area contributed by atoms with Crippen molar-refractivity contribution in [2.24, 2.45) is 5.92 Å². The average molecular weight is 394 g/mol. The van der Waals surface area contributed by atoms with E-state index < -0.39 is 22.1 Å². The Bertz CT molecular complexity index is 906. The summed E-state index contributed by atoms with van der Waals surface area (Å²) in [6, 6.07) is 7.65. The van der Waals surface area contributed by atoms with Gasteiger partial charge in [0.1, 0.15) is 10.1 Å². The van der Waals surface area contributed by atoms with Gasteiger partial charge in [-0.2, -0.15) is 0 Å². The highest BCUT2D eigenvalue weighted by Crippen LogP contribution is 2.53. The molecule has 2 aliphatic rings. The molecule has 1 saturated carbocycles. The number of ether oxygens (including phenoxy) is 1. The van der Waals surface area contributed by atoms with Crippen LogP contribution in [0.4, 0.5) is 0 Å². The van der Waals surface area contributed by atoms with E-state index in [-0.39, 0.29) is 35.8 Å². The average Bonchev–Trinajstić information content (AvgIpc) is 2.96. The van der Waals surface area contributed by atoms with E-state index in [1.807, 2.05) is 0 Å². The van der Waals surface area contributed by atoms with E-state index in [1.165, 1.54) is 24.5 Å². The molecular weight excluding hydrogens is 381 g/mol. The van der Waals surface area contributed by atoms with E-state index in [1.54, 1.807) is 12.1 Å². The third-order valence-electron chi connectivity index (χ3n) is 4.47. The van der Waals surface area contributed by atoms with Crippen molar-refractivity contribution < 1.29 is 23.5 Å². The molecule has 0 spiro atoms. The maximum atomic E-state index is 12.5. The van der Waals surface area contributed by atoms with Gasteiger partial charge in [0.2, 0.25) is 0 Å². The summed E-state index contributed by atoms with van der Waals surface area (Å²) < 4.78 is 9.55. The SMILES string of the molecule is O=C(OC[C@H]1CC1(Cl)Cl)c1ccc2c(c1)C(=O)N(Cc1ccco1)C2=O. The highest BCUT2D eigenvalue weighted by atomic mass is 35.5. The van der Waals surface area contributed by atoms with Crippen LogP contribution in [0.3, 0.4) is 0 Å². The molecule has 134 valence electrons. The first-order valence-electron chi connectivity index (χ1n) is 7.94. The molecule has 1 aliphatic carbocycles. The molecule has 1 aromatic heterocycles. The third kappa shape index (κ3) is 2.99. The fraction of sp³-hybridized carbons (Fsp3) is 0.278. The third-order valence-corrected chi connectivity index (χ3v) is 5.40. The lowest BCUT2D eigenvalue weighted by atomic mass is 10.1. The maximum Gasteiger partial charge on any atom is 0.338 e. The Balaban J connectivity index is 1.49. The summed E-state index contributed by atoms with van der Waals surface area (Å²) in [5.41, 5.74) is 0.618. The van der Waals surface area contributed by atoms with E-state index in [4.69, 9.17) is 32.4 Å². The van der Waals surface area contributed by atoms with Gasteiger partial charge in [0, 0.05) is 5.92 Å². The monoisotopic (exact) mass is 393 g/mol. The Morgan fingerprint density at radius 3 is 2.62 bits per heavy atom. The van der Waals surface area contributed by atoms with E-state index in [0.29, 0.717) is 12.2 Å². The molecule has 1 aliphatic heterocycles. The predicted molar refractivity (Wildman–Crippen MR) is 92.2 cm³/mol. The van der Waals surface area contributed by atoms with Gasteiger partial charge >= 0.3 is 5.97 Å². The maximum absolute atomic E-state index is 12.5. The lowest BCUT2D eigenvalue weighted by molar-refractivity contribution is 0.0485. The Kier molecular flexibility index (Phi) is 4.04. The summed E-state index contributed by atoms with van der Waals surface area (Å²) in [7, 11) is 0. The first-order chi connectivity index (χ1) is 12.4. The molecule has 0 saturated heterocycles. The number of imide groups is 1. The van der Waals surface area contributed by atoms with Crippen LogP contribution in [-0.2, 0) is 11.3 Å². The van der Waals surface area contributed by atoms with E-state index in [9.17, 15) is 14.4 Å². The predicted octanol–water partition coefficient (Wildman–Crippen LogP) is 3.43. The molecule has 4 rings (SSSR count). The van der Waals surface area contributed by atoms with Crippen LogP contribution in [0.5, 0.6) is 0 Å². The molecule has 1 atom stereocenters. The highest BCUT2D eigenvalue weighted by molar-refractivity contribution is 6.50. The number of fused-ring (bicyclic) bond motifs is 1. The van der Waals surface area contributed by atoms with Crippen molar-refractivity contribution in [1.29, 1.82) is 0 Å². The smallest absolute Gasteiger partial charge is 0.338 e. The molecule has 2 amide bonds. The van der Waals surface area contributed by atoms with Gasteiger partial charge in [-0.25, -0.2) is 4.79 Å². The number of amides is 2. The van der Waals surface area contributed by atoms with Gasteiger partial charge in [-0.15, -0.1) is 23.2 Å². The van der Waals surface area contributed by atoms with E-state index >= 15 is 0 Å². The number of carbonyl (C=O) groups excluding carboxylic acids is 3. The summed E-state index contributed by atoms with van der Waals surface area (Å²) in [5, 5.41) is 0. The molecule has 2 aromatic rings. The Labute approximate surface area is 158 Å². The van der Waals surface area contributed by atoms with Gasteiger partial charge in [-0.3, -0.25) is 14.5 Å². The van der Waals surface area contributed by atoms with Gasteiger partial charge in [0.15, 0.2) is 0 Å². The van der Waals surface area contributed by atoms with Crippen LogP contribution < -0.4 is 0 Å². The molecule has 0 radical (unpaired) electrons. The number of furan rings is 1. The van der Waals surface area contributed by atoms with Crippen LogP contribution >= 0.6 is 23.2 Å². The minimum absolute atomic E-state index is 0.0360. The van der Waals surface area contributed by atoms with Crippen LogP contribution in [0.2, 0.25) is 0 Å². The molecule has 0 unspecified atom stereocenters. The number of alkyl halides is 2. The fourth-order valence-electron chi connectivity index (χ4n) is 2.83. The summed E-state index contributed by atoms with van der Waals surface area (Å²) in [5.74, 6) is -1.08. The Morgan fingerprint density at radius 1 is 1.23 bits per heavy atom. The molecule has 0 bridgehead atoms. The van der Waals surface area contributed by atoms with Crippen molar-refractivity contribution in [1.82, 2.24) is 4.90 Å². The first kappa shape index (κ1) is 17.1. The minimum Gasteiger partial charge on any atom is -0.467 e. The summed E-state index contributed by atoms with van der Waals surface area (Å²) >= 11 is 11.8. The number of rotatable bonds is 5. The van der Waals surface area contributed by atoms with Crippen molar-refractivity contribution in [3.63, 3.8) is 0 Å². The Hall–Kier alpha value is -2.31. The quantitative estimate of drug-likeness (QED) is 0.441. The zero-order chi connectivity index (χ0) is 18.5. The number of esters is 1. The van der Waals surface area contributed by atoms with Gasteiger partial charge in [0.05, 0.1) is 36.1 Å². The molecule has 8 heteroatoms. The molecule has 2 heterocycles. The number of nitrogens with zero attached hydrogens (tertiary/aromatic N) is 1. The van der Waals surface area contributed by atoms with Crippen molar-refractivity contribution in [3.8, 4) is 0 Å². The first-order valence-corrected chi connectivity index (χ1v) is 8.70. The number of benzene rings is 1. The van der Waals surface area contributed by atoms with Gasteiger partial charge in [-0.05, 0) is 36.8 Å². The van der Waals surface area contributed by atoms with Crippen LogP contribution in [-0.4, -0.2) is 33.6 Å². The number of hydrogen-bond donors (Lipinski definition) is 0. The molecule has 1 fully saturated rings. The zero-order valence-electron chi connectivity index (χ0n) is 13.4. The normalized spacial score (nSPS) is 20.2. The van der Waals surface area contributed by atoms with E-state index in [0.717, 1.165) is 4.90 Å². The topological polar surface area (TPSA) is 76.8 Å². The molecular formula is C18H13Cl2NO5. The lowest BCUT2D eigenvalue weighted by Gasteiger charge is -2.11. The molecule has 0 N–H and O–H groups in total. The minimum atomic E-state index is -0.826. The highest BCUT2D eigenvalue weighted by Gasteiger charge is 2.52. The van der Waals surface area contributed by atoms with Gasteiger partial charge in [-0.1, -0.05) is 0 Å². The molecule has 1 aromatic carbocycles. The molecule has 26 heavy (non-hydrogen) atoms. The second-order valence-electron chi connectivity index (χ2n) is 6.30. The van der Waals surface area contributed by atoms with Crippen molar-refractivity contribution in [2.75, 3.05) is 6.61 Å². The van der Waals surface area contributed by atoms with E-state index in [2.05, 4.69) is 0 Å². The van der Waals surface area contributed by atoms with Crippen LogP contribution in [0, 0.1) is 5.92 Å². The van der Waals surface area contributed by atoms with Crippen LogP contribution in [0.25, 0.3) is 0 Å². The van der Waals surface area contributed by atoms with Gasteiger partial charge in [0.25, 0.3) is 11.8 Å². The van der Waals surface area contributed by atoms with Crippen molar-refractivity contribution in [3.05, 3.63) is 59.0 Å². The van der Waals surface area contributed by atoms with Crippen molar-refractivity contribution >= 4 is 41.0 Å². The fourth-order valence-corrected chi connectivity index (χ4v) is 3.33. The molecule has 6 nitrogen and oxygen atoms in total. The number of hydrogen-bond acceptors (Lipinski definition) is 5. The second kappa shape index (κ2) is 6.14. The summed E-state index contributed by atoms with van der Waals surface area (Å²) in [4.78, 5) is 38.2. The summed E-state index contributed by atoms with van der Waals surface area (Å²) in [6.45, 7) is 0.148. The van der Waals surface area contributed by atoms with Crippen molar-refractivity contribution in [2.45, 2.75) is 17.3 Å². The lowest BCUT2D eigenvalue weighted by Crippen LogP contribution is -2.28. The second-order valence-corrected chi connectivity index (χ2v) is 7.84. The Morgan fingerprint density at radius 2 is 1.96 bits per heavy atom. The largest absolute Gasteiger partial charge is 0.467 e. The number of carbonyl (C=O) groups is 3. The standard InChI is InChI=1S/C18H13Cl2NO5/c19-18(20)7-11(18)9-26-17(24)10-3-4-13-14(6-10)16(23)21(15(13)22)8-12-2-1-5-25-12/h1-6,11H,7-9H2/t11-/m1/s1. The van der Waals surface area contributed by atoms with Crippen LogP contribution in [0.1, 0.15) is 43.3 Å². The summed E-state index contributed by atoms with van der Waals surface area (Å²) in [6.07, 6.45) is 2.04. The number of halogens is 2.